The summed E-state index contributed by atoms with van der Waals surface area (Å²) >= 11 is 3.38. The van der Waals surface area contributed by atoms with Gasteiger partial charge < -0.3 is 4.90 Å². The van der Waals surface area contributed by atoms with E-state index < -0.39 is 12.1 Å². The highest BCUT2D eigenvalue weighted by atomic mass is 79.9. The van der Waals surface area contributed by atoms with Crippen molar-refractivity contribution >= 4 is 21.8 Å². The third-order valence-corrected chi connectivity index (χ3v) is 5.22. The minimum absolute atomic E-state index is 0.155. The van der Waals surface area contributed by atoms with E-state index in [-0.39, 0.29) is 24.7 Å². The van der Waals surface area contributed by atoms with Crippen molar-refractivity contribution in [1.82, 2.24) is 4.90 Å². The summed E-state index contributed by atoms with van der Waals surface area (Å²) < 4.78 is 37.7. The van der Waals surface area contributed by atoms with Gasteiger partial charge in [-0.2, -0.15) is 13.2 Å². The van der Waals surface area contributed by atoms with E-state index in [9.17, 15) is 18.0 Å². The summed E-state index contributed by atoms with van der Waals surface area (Å²) in [5.74, 6) is -0.369. The molecule has 1 heterocycles. The lowest BCUT2D eigenvalue weighted by molar-refractivity contribution is -0.184. The van der Waals surface area contributed by atoms with E-state index in [1.807, 2.05) is 4.90 Å². The van der Waals surface area contributed by atoms with Crippen molar-refractivity contribution < 1.29 is 18.0 Å². The highest BCUT2D eigenvalue weighted by Gasteiger charge is 2.42. The van der Waals surface area contributed by atoms with Gasteiger partial charge in [0, 0.05) is 24.8 Å². The first-order valence-electron chi connectivity index (χ1n) is 6.80. The van der Waals surface area contributed by atoms with Crippen molar-refractivity contribution in [3.05, 3.63) is 0 Å². The summed E-state index contributed by atoms with van der Waals surface area (Å²) in [5, 5.41) is 0.816. The van der Waals surface area contributed by atoms with Gasteiger partial charge in [0.1, 0.15) is 0 Å². The van der Waals surface area contributed by atoms with Crippen LogP contribution >= 0.6 is 15.9 Å². The largest absolute Gasteiger partial charge is 0.391 e. The Morgan fingerprint density at radius 3 is 2.26 bits per heavy atom. The summed E-state index contributed by atoms with van der Waals surface area (Å²) in [6.45, 7) is 1.40. The number of rotatable bonds is 3. The van der Waals surface area contributed by atoms with Crippen molar-refractivity contribution in [1.29, 1.82) is 0 Å². The monoisotopic (exact) mass is 341 g/mol. The van der Waals surface area contributed by atoms with Gasteiger partial charge in [-0.25, -0.2) is 0 Å². The van der Waals surface area contributed by atoms with Crippen LogP contribution in [0.3, 0.4) is 0 Å². The topological polar surface area (TPSA) is 20.3 Å². The standard InChI is InChI=1S/C13H19BrF3NO/c14-6-10-5-12(19)18(8-10)7-9-1-3-11(4-2-9)13(15,16)17/h9-11H,1-8H2. The van der Waals surface area contributed by atoms with E-state index >= 15 is 0 Å². The van der Waals surface area contributed by atoms with Crippen LogP contribution in [0, 0.1) is 17.8 Å². The molecule has 0 N–H and O–H groups in total. The first-order chi connectivity index (χ1) is 8.90. The van der Waals surface area contributed by atoms with E-state index in [0.29, 0.717) is 31.7 Å². The molecule has 2 nitrogen and oxygen atoms in total. The van der Waals surface area contributed by atoms with Gasteiger partial charge >= 0.3 is 6.18 Å². The number of carbonyl (C=O) groups excluding carboxylic acids is 1. The molecule has 0 bridgehead atoms. The third-order valence-electron chi connectivity index (χ3n) is 4.30. The number of hydrogen-bond acceptors (Lipinski definition) is 1. The zero-order valence-electron chi connectivity index (χ0n) is 10.8. The molecular formula is C13H19BrF3NO. The van der Waals surface area contributed by atoms with Gasteiger partial charge in [0.05, 0.1) is 5.92 Å². The highest BCUT2D eigenvalue weighted by Crippen LogP contribution is 2.40. The summed E-state index contributed by atoms with van der Waals surface area (Å²) in [6.07, 6.45) is -1.85. The first-order valence-corrected chi connectivity index (χ1v) is 7.92. The number of amides is 1. The predicted molar refractivity (Wildman–Crippen MR) is 70.0 cm³/mol. The molecular weight excluding hydrogens is 323 g/mol. The second-order valence-electron chi connectivity index (χ2n) is 5.78. The van der Waals surface area contributed by atoms with Crippen LogP contribution < -0.4 is 0 Å². The van der Waals surface area contributed by atoms with Crippen LogP contribution in [0.15, 0.2) is 0 Å². The smallest absolute Gasteiger partial charge is 0.342 e. The number of carbonyl (C=O) groups is 1. The SMILES string of the molecule is O=C1CC(CBr)CN1CC1CCC(C(F)(F)F)CC1. The lowest BCUT2D eigenvalue weighted by Crippen LogP contribution is -2.35. The Balaban J connectivity index is 1.79. The molecule has 110 valence electrons. The van der Waals surface area contributed by atoms with Crippen molar-refractivity contribution in [3.63, 3.8) is 0 Å². The molecule has 2 aliphatic rings. The molecule has 2 fully saturated rings. The Morgan fingerprint density at radius 2 is 1.79 bits per heavy atom. The van der Waals surface area contributed by atoms with Gasteiger partial charge in [0.15, 0.2) is 0 Å². The lowest BCUT2D eigenvalue weighted by Gasteiger charge is -2.32. The van der Waals surface area contributed by atoms with Crippen molar-refractivity contribution in [3.8, 4) is 0 Å². The fourth-order valence-electron chi connectivity index (χ4n) is 3.12. The first kappa shape index (κ1) is 15.1. The number of nitrogens with zero attached hydrogens (tertiary/aromatic N) is 1. The Morgan fingerprint density at radius 1 is 1.16 bits per heavy atom. The molecule has 19 heavy (non-hydrogen) atoms. The van der Waals surface area contributed by atoms with Crippen LogP contribution in [0.25, 0.3) is 0 Å². The van der Waals surface area contributed by atoms with Crippen LogP contribution in [0.1, 0.15) is 32.1 Å². The maximum Gasteiger partial charge on any atom is 0.391 e. The van der Waals surface area contributed by atoms with Crippen LogP contribution in [0.2, 0.25) is 0 Å². The molecule has 0 aromatic carbocycles. The molecule has 0 spiro atoms. The van der Waals surface area contributed by atoms with E-state index in [4.69, 9.17) is 0 Å². The minimum atomic E-state index is -4.05. The Kier molecular flexibility index (Phi) is 4.79. The second kappa shape index (κ2) is 6.02. The van der Waals surface area contributed by atoms with Gasteiger partial charge in [-0.1, -0.05) is 15.9 Å². The molecule has 1 aliphatic carbocycles. The fraction of sp³-hybridized carbons (Fsp3) is 0.923. The van der Waals surface area contributed by atoms with E-state index in [1.54, 1.807) is 0 Å². The van der Waals surface area contributed by atoms with Crippen LogP contribution in [-0.4, -0.2) is 35.4 Å². The Hall–Kier alpha value is -0.260. The molecule has 0 aromatic heterocycles. The van der Waals surface area contributed by atoms with E-state index in [0.717, 1.165) is 11.9 Å². The quantitative estimate of drug-likeness (QED) is 0.718. The molecule has 1 amide bonds. The fourth-order valence-corrected chi connectivity index (χ4v) is 3.55. The molecule has 1 atom stereocenters. The number of alkyl halides is 4. The molecule has 0 radical (unpaired) electrons. The molecule has 1 saturated carbocycles. The minimum Gasteiger partial charge on any atom is -0.342 e. The average Bonchev–Trinajstić information content (AvgIpc) is 2.70. The maximum atomic E-state index is 12.6. The van der Waals surface area contributed by atoms with Gasteiger partial charge in [-0.15, -0.1) is 0 Å². The molecule has 1 aliphatic heterocycles. The number of likely N-dealkylation sites (tertiary alicyclic amines) is 1. The van der Waals surface area contributed by atoms with E-state index in [2.05, 4.69) is 15.9 Å². The molecule has 6 heteroatoms. The zero-order chi connectivity index (χ0) is 14.0. The summed E-state index contributed by atoms with van der Waals surface area (Å²) in [5.41, 5.74) is 0. The highest BCUT2D eigenvalue weighted by molar-refractivity contribution is 9.09. The molecule has 2 rings (SSSR count). The summed E-state index contributed by atoms with van der Waals surface area (Å²) in [4.78, 5) is 13.6. The van der Waals surface area contributed by atoms with Crippen LogP contribution in [0.5, 0.6) is 0 Å². The second-order valence-corrected chi connectivity index (χ2v) is 6.43. The Bertz CT molecular complexity index is 326. The normalized spacial score (nSPS) is 32.9. The summed E-state index contributed by atoms with van der Waals surface area (Å²) in [6, 6.07) is 0. The van der Waals surface area contributed by atoms with Crippen LogP contribution in [-0.2, 0) is 4.79 Å². The molecule has 1 unspecified atom stereocenters. The Labute approximate surface area is 119 Å². The summed E-state index contributed by atoms with van der Waals surface area (Å²) in [7, 11) is 0. The van der Waals surface area contributed by atoms with Crippen LogP contribution in [0.4, 0.5) is 13.2 Å². The maximum absolute atomic E-state index is 12.6. The third kappa shape index (κ3) is 3.86. The van der Waals surface area contributed by atoms with Crippen molar-refractivity contribution in [2.24, 2.45) is 17.8 Å². The van der Waals surface area contributed by atoms with Crippen molar-refractivity contribution in [2.75, 3.05) is 18.4 Å². The zero-order valence-corrected chi connectivity index (χ0v) is 12.3. The van der Waals surface area contributed by atoms with E-state index in [1.165, 1.54) is 0 Å². The molecule has 0 aromatic rings. The van der Waals surface area contributed by atoms with Gasteiger partial charge in [0.2, 0.25) is 5.91 Å². The van der Waals surface area contributed by atoms with Gasteiger partial charge in [0.25, 0.3) is 0 Å². The predicted octanol–water partition coefficient (Wildman–Crippen LogP) is 3.60. The average molecular weight is 342 g/mol. The number of hydrogen-bond donors (Lipinski definition) is 0. The van der Waals surface area contributed by atoms with Crippen molar-refractivity contribution in [2.45, 2.75) is 38.3 Å². The lowest BCUT2D eigenvalue weighted by atomic mass is 9.81. The van der Waals surface area contributed by atoms with Gasteiger partial charge in [-0.05, 0) is 37.5 Å². The molecule has 1 saturated heterocycles. The van der Waals surface area contributed by atoms with Gasteiger partial charge in [-0.3, -0.25) is 4.79 Å². The number of halogens is 4.